The molecule has 4 N–H and O–H groups in total. The highest BCUT2D eigenvalue weighted by Gasteiger charge is 2.09. The molecule has 0 bridgehead atoms. The maximum absolute atomic E-state index is 12.0. The number of aromatic amines is 1. The van der Waals surface area contributed by atoms with Gasteiger partial charge in [0.2, 0.25) is 0 Å². The van der Waals surface area contributed by atoms with Gasteiger partial charge in [0, 0.05) is 24.8 Å². The first kappa shape index (κ1) is 17.2. The van der Waals surface area contributed by atoms with E-state index < -0.39 is 6.09 Å². The molecule has 0 unspecified atom stereocenters. The fraction of sp³-hybridized carbons (Fsp3) is 0.357. The van der Waals surface area contributed by atoms with E-state index in [9.17, 15) is 9.59 Å². The maximum atomic E-state index is 12.0. The van der Waals surface area contributed by atoms with Crippen LogP contribution in [0, 0.1) is 6.92 Å². The Hall–Kier alpha value is -3.17. The molecule has 0 radical (unpaired) electrons. The molecule has 0 spiro atoms. The minimum atomic E-state index is -0.500. The summed E-state index contributed by atoms with van der Waals surface area (Å²) < 4.78 is 4.44. The number of methoxy groups -OCH3 is 1. The van der Waals surface area contributed by atoms with Gasteiger partial charge in [-0.05, 0) is 13.3 Å². The molecule has 0 atom stereocenters. The molecule has 24 heavy (non-hydrogen) atoms. The lowest BCUT2D eigenvalue weighted by molar-refractivity contribution is 0.0948. The Morgan fingerprint density at radius 3 is 2.71 bits per heavy atom. The summed E-state index contributed by atoms with van der Waals surface area (Å²) in [5, 5.41) is 15.0. The molecule has 2 aromatic rings. The van der Waals surface area contributed by atoms with Gasteiger partial charge < -0.3 is 20.7 Å². The van der Waals surface area contributed by atoms with Crippen molar-refractivity contribution in [3.63, 3.8) is 0 Å². The predicted molar refractivity (Wildman–Crippen MR) is 86.0 cm³/mol. The Morgan fingerprint density at radius 1 is 1.21 bits per heavy atom. The molecule has 0 aliphatic heterocycles. The highest BCUT2D eigenvalue weighted by molar-refractivity contribution is 5.92. The molecule has 2 rings (SSSR count). The van der Waals surface area contributed by atoms with Crippen molar-refractivity contribution in [1.82, 2.24) is 30.8 Å². The van der Waals surface area contributed by atoms with E-state index in [0.29, 0.717) is 31.1 Å². The number of alkyl carbamates (subject to hydrolysis) is 1. The third-order valence-electron chi connectivity index (χ3n) is 2.92. The third-order valence-corrected chi connectivity index (χ3v) is 2.92. The quantitative estimate of drug-likeness (QED) is 0.549. The zero-order chi connectivity index (χ0) is 17.4. The lowest BCUT2D eigenvalue weighted by Crippen LogP contribution is -2.30. The van der Waals surface area contributed by atoms with Gasteiger partial charge in [-0.15, -0.1) is 0 Å². The van der Waals surface area contributed by atoms with Gasteiger partial charge in [0.25, 0.3) is 5.91 Å². The van der Waals surface area contributed by atoms with Crippen LogP contribution in [0.5, 0.6) is 0 Å². The van der Waals surface area contributed by atoms with Crippen molar-refractivity contribution in [2.75, 3.05) is 25.5 Å². The number of anilines is 2. The maximum Gasteiger partial charge on any atom is 0.406 e. The molecule has 128 valence electrons. The summed E-state index contributed by atoms with van der Waals surface area (Å²) in [5.74, 6) is 0.664. The second-order valence-corrected chi connectivity index (χ2v) is 4.88. The number of rotatable bonds is 7. The Kier molecular flexibility index (Phi) is 6.06. The fourth-order valence-corrected chi connectivity index (χ4v) is 1.79. The molecule has 10 nitrogen and oxygen atoms in total. The largest absolute Gasteiger partial charge is 0.453 e. The number of amides is 2. The second kappa shape index (κ2) is 8.46. The molecule has 0 saturated carbocycles. The summed E-state index contributed by atoms with van der Waals surface area (Å²) >= 11 is 0. The molecule has 2 heterocycles. The monoisotopic (exact) mass is 333 g/mol. The number of nitrogens with one attached hydrogen (secondary N) is 4. The van der Waals surface area contributed by atoms with E-state index in [0.717, 1.165) is 5.69 Å². The molecule has 0 aromatic carbocycles. The van der Waals surface area contributed by atoms with Crippen LogP contribution in [0.15, 0.2) is 18.5 Å². The minimum absolute atomic E-state index is 0.188. The Bertz CT molecular complexity index is 701. The van der Waals surface area contributed by atoms with Crippen molar-refractivity contribution in [1.29, 1.82) is 0 Å². The number of aromatic nitrogens is 4. The first-order valence-corrected chi connectivity index (χ1v) is 7.29. The molecule has 2 amide bonds. The molecule has 0 saturated heterocycles. The van der Waals surface area contributed by atoms with E-state index in [1.54, 1.807) is 0 Å². The lowest BCUT2D eigenvalue weighted by Gasteiger charge is -2.07. The molecular formula is C14H19N7O3. The Labute approximate surface area is 138 Å². The Morgan fingerprint density at radius 2 is 2.00 bits per heavy atom. The summed E-state index contributed by atoms with van der Waals surface area (Å²) in [6.45, 7) is 2.67. The van der Waals surface area contributed by atoms with Crippen LogP contribution < -0.4 is 16.0 Å². The number of nitrogens with zero attached hydrogens (tertiary/aromatic N) is 3. The van der Waals surface area contributed by atoms with Gasteiger partial charge in [-0.2, -0.15) is 5.10 Å². The predicted octanol–water partition coefficient (Wildman–Crippen LogP) is 0.728. The van der Waals surface area contributed by atoms with E-state index in [1.807, 2.05) is 13.0 Å². The topological polar surface area (TPSA) is 134 Å². The van der Waals surface area contributed by atoms with Crippen molar-refractivity contribution in [2.45, 2.75) is 13.3 Å². The number of ether oxygens (including phenoxy) is 1. The minimum Gasteiger partial charge on any atom is -0.453 e. The smallest absolute Gasteiger partial charge is 0.406 e. The summed E-state index contributed by atoms with van der Waals surface area (Å²) in [5.41, 5.74) is 1.09. The first-order chi connectivity index (χ1) is 11.6. The fourth-order valence-electron chi connectivity index (χ4n) is 1.79. The van der Waals surface area contributed by atoms with Crippen molar-refractivity contribution >= 4 is 23.6 Å². The van der Waals surface area contributed by atoms with E-state index in [2.05, 4.69) is 40.9 Å². The molecule has 10 heteroatoms. The van der Waals surface area contributed by atoms with Crippen molar-refractivity contribution < 1.29 is 14.3 Å². The van der Waals surface area contributed by atoms with Crippen LogP contribution in [0.4, 0.5) is 16.4 Å². The molecule has 0 fully saturated rings. The summed E-state index contributed by atoms with van der Waals surface area (Å²) in [7, 11) is 1.29. The van der Waals surface area contributed by atoms with Gasteiger partial charge in [-0.25, -0.2) is 9.78 Å². The van der Waals surface area contributed by atoms with Crippen LogP contribution in [0.3, 0.4) is 0 Å². The van der Waals surface area contributed by atoms with E-state index in [1.165, 1.54) is 19.5 Å². The number of hydrogen-bond donors (Lipinski definition) is 4. The van der Waals surface area contributed by atoms with Crippen LogP contribution in [-0.2, 0) is 4.74 Å². The van der Waals surface area contributed by atoms with E-state index >= 15 is 0 Å². The zero-order valence-electron chi connectivity index (χ0n) is 13.4. The summed E-state index contributed by atoms with van der Waals surface area (Å²) in [6, 6.07) is 1.81. The van der Waals surface area contributed by atoms with Crippen LogP contribution in [0.1, 0.15) is 22.6 Å². The molecule has 0 aliphatic carbocycles. The average Bonchev–Trinajstić information content (AvgIpc) is 2.99. The highest BCUT2D eigenvalue weighted by Crippen LogP contribution is 2.11. The summed E-state index contributed by atoms with van der Waals surface area (Å²) in [6.07, 6.45) is 2.95. The second-order valence-electron chi connectivity index (χ2n) is 4.88. The number of carbonyl (C=O) groups excluding carboxylic acids is 2. The highest BCUT2D eigenvalue weighted by atomic mass is 16.5. The van der Waals surface area contributed by atoms with Crippen LogP contribution >= 0.6 is 0 Å². The van der Waals surface area contributed by atoms with Gasteiger partial charge in [-0.1, -0.05) is 0 Å². The van der Waals surface area contributed by atoms with E-state index in [4.69, 9.17) is 0 Å². The van der Waals surface area contributed by atoms with Gasteiger partial charge >= 0.3 is 6.09 Å². The van der Waals surface area contributed by atoms with Crippen LogP contribution in [-0.4, -0.2) is 52.4 Å². The van der Waals surface area contributed by atoms with Crippen molar-refractivity contribution in [3.8, 4) is 0 Å². The van der Waals surface area contributed by atoms with Gasteiger partial charge in [0.05, 0.1) is 19.5 Å². The zero-order valence-corrected chi connectivity index (χ0v) is 13.4. The first-order valence-electron chi connectivity index (χ1n) is 7.29. The SMILES string of the molecule is COC(=O)NCCCNC(=O)c1cncc(Nc2cc(C)[nH]n2)n1. The number of aryl methyl sites for hydroxylation is 1. The van der Waals surface area contributed by atoms with Gasteiger partial charge in [-0.3, -0.25) is 14.9 Å². The molecule has 2 aromatic heterocycles. The van der Waals surface area contributed by atoms with Crippen molar-refractivity contribution in [2.24, 2.45) is 0 Å². The lowest BCUT2D eigenvalue weighted by atomic mass is 10.3. The van der Waals surface area contributed by atoms with Gasteiger partial charge in [0.1, 0.15) is 5.69 Å². The van der Waals surface area contributed by atoms with E-state index in [-0.39, 0.29) is 11.6 Å². The van der Waals surface area contributed by atoms with Crippen LogP contribution in [0.25, 0.3) is 0 Å². The third kappa shape index (κ3) is 5.23. The number of carbonyl (C=O) groups is 2. The average molecular weight is 333 g/mol. The number of H-pyrrole nitrogens is 1. The molecular weight excluding hydrogens is 314 g/mol. The van der Waals surface area contributed by atoms with Gasteiger partial charge in [0.15, 0.2) is 11.6 Å². The molecule has 0 aliphatic rings. The Balaban J connectivity index is 1.81. The summed E-state index contributed by atoms with van der Waals surface area (Å²) in [4.78, 5) is 31.1. The number of hydrogen-bond acceptors (Lipinski definition) is 7. The van der Waals surface area contributed by atoms with Crippen LogP contribution in [0.2, 0.25) is 0 Å². The van der Waals surface area contributed by atoms with Crippen molar-refractivity contribution in [3.05, 3.63) is 29.8 Å². The standard InChI is InChI=1S/C14H19N7O3/c1-9-6-11(21-20-9)19-12-8-15-7-10(18-12)13(22)16-4-3-5-17-14(23)24-2/h6-8H,3-5H2,1-2H3,(H,16,22)(H,17,23)(H2,18,19,20,21). The normalized spacial score (nSPS) is 10.1.